The number of rotatable bonds is 6. The first kappa shape index (κ1) is 39.0. The molecule has 0 saturated heterocycles. The summed E-state index contributed by atoms with van der Waals surface area (Å²) in [5.41, 5.74) is 14.1. The van der Waals surface area contributed by atoms with E-state index in [1.807, 2.05) is 12.1 Å². The van der Waals surface area contributed by atoms with Gasteiger partial charge in [0, 0.05) is 60.4 Å². The van der Waals surface area contributed by atoms with Gasteiger partial charge in [-0.1, -0.05) is 146 Å². The molecule has 15 rings (SSSR count). The fourth-order valence-electron chi connectivity index (χ4n) is 11.9. The molecule has 6 heteroatoms. The van der Waals surface area contributed by atoms with Crippen molar-refractivity contribution in [1.82, 2.24) is 9.13 Å². The minimum atomic E-state index is -0.297. The zero-order valence-corrected chi connectivity index (χ0v) is 38.2. The Morgan fingerprint density at radius 1 is 0.443 bits per heavy atom. The Morgan fingerprint density at radius 3 is 1.84 bits per heavy atom. The molecule has 1 aliphatic rings. The first-order valence-electron chi connectivity index (χ1n) is 24.2. The maximum absolute atomic E-state index is 6.90. The van der Waals surface area contributed by atoms with Gasteiger partial charge in [-0.3, -0.25) is 4.99 Å². The lowest BCUT2D eigenvalue weighted by molar-refractivity contribution is 0.536. The van der Waals surface area contributed by atoms with Gasteiger partial charge in [0.2, 0.25) is 0 Å². The van der Waals surface area contributed by atoms with E-state index in [4.69, 9.17) is 18.8 Å². The Hall–Kier alpha value is -9.00. The van der Waals surface area contributed by atoms with Gasteiger partial charge < -0.3 is 18.0 Å². The number of aromatic nitrogens is 2. The highest BCUT2D eigenvalue weighted by Crippen LogP contribution is 2.46. The number of para-hydroxylation sites is 5. The van der Waals surface area contributed by atoms with Gasteiger partial charge in [-0.15, -0.1) is 0 Å². The van der Waals surface area contributed by atoms with E-state index in [2.05, 4.69) is 216 Å². The Labute approximate surface area is 401 Å². The predicted molar refractivity (Wildman–Crippen MR) is 290 cm³/mol. The van der Waals surface area contributed by atoms with Crippen LogP contribution in [-0.4, -0.2) is 20.7 Å². The van der Waals surface area contributed by atoms with Gasteiger partial charge >= 0.3 is 0 Å². The summed E-state index contributed by atoms with van der Waals surface area (Å²) >= 11 is 0. The van der Waals surface area contributed by atoms with Crippen LogP contribution in [0.3, 0.4) is 0 Å². The van der Waals surface area contributed by atoms with Gasteiger partial charge in [0.25, 0.3) is 0 Å². The predicted octanol–water partition coefficient (Wildman–Crippen LogP) is 16.8. The molecular weight excluding hydrogens is 857 g/mol. The Balaban J connectivity index is 1.05. The molecule has 0 saturated carbocycles. The van der Waals surface area contributed by atoms with Crippen LogP contribution in [0, 0.1) is 5.92 Å². The van der Waals surface area contributed by atoms with E-state index in [-0.39, 0.29) is 12.0 Å². The van der Waals surface area contributed by atoms with E-state index < -0.39 is 0 Å². The van der Waals surface area contributed by atoms with Crippen molar-refractivity contribution in [2.45, 2.75) is 19.4 Å². The van der Waals surface area contributed by atoms with Crippen molar-refractivity contribution < 1.29 is 8.83 Å². The number of fused-ring (bicyclic) bond motifs is 13. The third kappa shape index (κ3) is 5.62. The van der Waals surface area contributed by atoms with Crippen LogP contribution in [0.4, 0.5) is 0 Å². The van der Waals surface area contributed by atoms with Crippen molar-refractivity contribution in [3.63, 3.8) is 0 Å². The highest BCUT2D eigenvalue weighted by Gasteiger charge is 2.35. The second-order valence-electron chi connectivity index (χ2n) is 18.7. The molecule has 0 amide bonds. The lowest BCUT2D eigenvalue weighted by Gasteiger charge is -2.31. The quantitative estimate of drug-likeness (QED) is 0.167. The number of nitrogens with zero attached hydrogens (tertiary/aromatic N) is 4. The second kappa shape index (κ2) is 15.0. The minimum Gasteiger partial charge on any atom is -0.456 e. The van der Waals surface area contributed by atoms with Crippen molar-refractivity contribution in [2.75, 3.05) is 0 Å². The normalized spacial score (nSPS) is 15.4. The van der Waals surface area contributed by atoms with Crippen LogP contribution in [0.2, 0.25) is 0 Å². The highest BCUT2D eigenvalue weighted by molar-refractivity contribution is 6.25. The van der Waals surface area contributed by atoms with Crippen LogP contribution in [-0.2, 0) is 0 Å². The number of aliphatic imine (C=N–C) groups is 2. The third-order valence-electron chi connectivity index (χ3n) is 14.9. The van der Waals surface area contributed by atoms with E-state index in [9.17, 15) is 0 Å². The van der Waals surface area contributed by atoms with E-state index in [0.29, 0.717) is 5.84 Å². The van der Waals surface area contributed by atoms with Crippen molar-refractivity contribution >= 4 is 110 Å². The summed E-state index contributed by atoms with van der Waals surface area (Å²) in [6, 6.07) is 75.6. The number of hydrogen-bond donors (Lipinski definition) is 0. The Bertz CT molecular complexity index is 4540. The SMILES string of the molecule is CCC1C(c2cccc3oc4ccccc4c23)=NC(c2cc(-n3c4ccccc4c4cc5ccccc5cc43)c3c(c2)oc2ccccc23)=NC1c1cccc2c1c1ccccc1n2-c1ccccc1. The molecule has 2 unspecified atom stereocenters. The molecule has 0 fully saturated rings. The van der Waals surface area contributed by atoms with Crippen LogP contribution in [0.1, 0.15) is 36.1 Å². The highest BCUT2D eigenvalue weighted by atomic mass is 16.3. The zero-order valence-electron chi connectivity index (χ0n) is 38.2. The van der Waals surface area contributed by atoms with E-state index in [1.165, 1.54) is 37.9 Å². The summed E-state index contributed by atoms with van der Waals surface area (Å²) in [5, 5.41) is 11.4. The molecule has 10 aromatic carbocycles. The largest absolute Gasteiger partial charge is 0.456 e. The van der Waals surface area contributed by atoms with Crippen LogP contribution >= 0.6 is 0 Å². The number of furan rings is 2. The van der Waals surface area contributed by atoms with Crippen LogP contribution in [0.15, 0.2) is 231 Å². The lowest BCUT2D eigenvalue weighted by Crippen LogP contribution is -2.28. The lowest BCUT2D eigenvalue weighted by atomic mass is 9.81. The number of benzene rings is 10. The Morgan fingerprint density at radius 2 is 1.06 bits per heavy atom. The maximum Gasteiger partial charge on any atom is 0.155 e. The molecule has 2 atom stereocenters. The van der Waals surface area contributed by atoms with Gasteiger partial charge in [0.15, 0.2) is 5.84 Å². The summed E-state index contributed by atoms with van der Waals surface area (Å²) in [5.74, 6) is 0.584. The molecule has 1 aliphatic heterocycles. The van der Waals surface area contributed by atoms with Gasteiger partial charge in [-0.05, 0) is 95.6 Å². The molecule has 0 N–H and O–H groups in total. The van der Waals surface area contributed by atoms with Crippen LogP contribution < -0.4 is 0 Å². The summed E-state index contributed by atoms with van der Waals surface area (Å²) in [7, 11) is 0. The monoisotopic (exact) mass is 898 g/mol. The number of hydrogen-bond acceptors (Lipinski definition) is 4. The molecule has 4 aromatic heterocycles. The fourth-order valence-corrected chi connectivity index (χ4v) is 11.9. The van der Waals surface area contributed by atoms with Gasteiger partial charge in [-0.2, -0.15) is 0 Å². The Kier molecular flexibility index (Phi) is 8.37. The van der Waals surface area contributed by atoms with Gasteiger partial charge in [0.05, 0.1) is 44.9 Å². The fraction of sp³-hybridized carbons (Fsp3) is 0.0625. The maximum atomic E-state index is 6.90. The molecule has 0 radical (unpaired) electrons. The zero-order chi connectivity index (χ0) is 46.0. The first-order chi connectivity index (χ1) is 34.7. The molecule has 330 valence electrons. The van der Waals surface area contributed by atoms with Crippen molar-refractivity contribution in [2.24, 2.45) is 15.9 Å². The molecule has 0 bridgehead atoms. The summed E-state index contributed by atoms with van der Waals surface area (Å²) in [6.07, 6.45) is 0.809. The smallest absolute Gasteiger partial charge is 0.155 e. The van der Waals surface area contributed by atoms with Crippen molar-refractivity contribution in [3.05, 3.63) is 229 Å². The van der Waals surface area contributed by atoms with E-state index in [0.717, 1.165) is 101 Å². The summed E-state index contributed by atoms with van der Waals surface area (Å²) in [4.78, 5) is 11.7. The molecule has 70 heavy (non-hydrogen) atoms. The molecule has 0 spiro atoms. The molecule has 5 heterocycles. The van der Waals surface area contributed by atoms with E-state index in [1.54, 1.807) is 0 Å². The summed E-state index contributed by atoms with van der Waals surface area (Å²) in [6.45, 7) is 2.28. The topological polar surface area (TPSA) is 60.9 Å². The first-order valence-corrected chi connectivity index (χ1v) is 24.2. The average Bonchev–Trinajstić information content (AvgIpc) is 4.17. The van der Waals surface area contributed by atoms with E-state index >= 15 is 0 Å². The second-order valence-corrected chi connectivity index (χ2v) is 18.7. The van der Waals surface area contributed by atoms with Gasteiger partial charge in [0.1, 0.15) is 22.3 Å². The van der Waals surface area contributed by atoms with Crippen molar-refractivity contribution in [3.8, 4) is 11.4 Å². The molecule has 6 nitrogen and oxygen atoms in total. The van der Waals surface area contributed by atoms with Gasteiger partial charge in [-0.25, -0.2) is 4.99 Å². The summed E-state index contributed by atoms with van der Waals surface area (Å²) < 4.78 is 18.3. The average molecular weight is 899 g/mol. The number of amidine groups is 1. The standard InChI is InChI=1S/C64H42N4O2/c1-2-42-62(47-26-16-30-52-59(47)44-23-9-13-29-51(44)67(52)41-20-4-3-5-21-41)65-64(66-63(42)48-27-17-33-57-60(48)45-24-10-14-31-55(45)69-57)40-36-54(61-46-25-11-15-32-56(46)70-58(61)37-40)68-50-28-12-8-22-43(50)49-34-38-18-6-7-19-39(38)35-53(49)68/h3-37,42,62H,2H2,1H3. The minimum absolute atomic E-state index is 0.0764. The van der Waals surface area contributed by atoms with Crippen LogP contribution in [0.25, 0.3) is 110 Å². The molecule has 14 aromatic rings. The molecular formula is C64H42N4O2. The van der Waals surface area contributed by atoms with Crippen LogP contribution in [0.5, 0.6) is 0 Å². The molecule has 0 aliphatic carbocycles. The third-order valence-corrected chi connectivity index (χ3v) is 14.9. The van der Waals surface area contributed by atoms with Crippen molar-refractivity contribution in [1.29, 1.82) is 0 Å².